The SMILES string of the molecule is O=C(CCc1ccco1)Nc1ccc(SCc2cccnc2)cc1. The highest BCUT2D eigenvalue weighted by molar-refractivity contribution is 7.98. The maximum absolute atomic E-state index is 11.9. The number of aromatic nitrogens is 1. The van der Waals surface area contributed by atoms with E-state index in [1.165, 1.54) is 5.56 Å². The van der Waals surface area contributed by atoms with Crippen LogP contribution in [0, 0.1) is 0 Å². The topological polar surface area (TPSA) is 55.1 Å². The molecule has 2 heterocycles. The second-order valence-corrected chi connectivity index (χ2v) is 6.35. The molecule has 122 valence electrons. The Hall–Kier alpha value is -2.53. The number of hydrogen-bond donors (Lipinski definition) is 1. The van der Waals surface area contributed by atoms with E-state index in [0.717, 1.165) is 22.1 Å². The van der Waals surface area contributed by atoms with E-state index in [2.05, 4.69) is 16.4 Å². The number of benzene rings is 1. The number of carbonyl (C=O) groups excluding carboxylic acids is 1. The van der Waals surface area contributed by atoms with Gasteiger partial charge in [0.2, 0.25) is 5.91 Å². The van der Waals surface area contributed by atoms with E-state index >= 15 is 0 Å². The summed E-state index contributed by atoms with van der Waals surface area (Å²) in [5.41, 5.74) is 2.00. The molecule has 0 saturated heterocycles. The number of nitrogens with one attached hydrogen (secondary N) is 1. The Bertz CT molecular complexity index is 756. The van der Waals surface area contributed by atoms with Crippen LogP contribution in [0.3, 0.4) is 0 Å². The fourth-order valence-corrected chi connectivity index (χ4v) is 3.03. The third-order valence-electron chi connectivity index (χ3n) is 3.44. The predicted molar refractivity (Wildman–Crippen MR) is 95.9 cm³/mol. The van der Waals surface area contributed by atoms with E-state index < -0.39 is 0 Å². The highest BCUT2D eigenvalue weighted by Crippen LogP contribution is 2.24. The number of pyridine rings is 1. The van der Waals surface area contributed by atoms with Gasteiger partial charge in [-0.15, -0.1) is 11.8 Å². The third kappa shape index (κ3) is 4.99. The molecule has 4 nitrogen and oxygen atoms in total. The van der Waals surface area contributed by atoms with Crippen molar-refractivity contribution in [3.8, 4) is 0 Å². The van der Waals surface area contributed by atoms with Crippen molar-refractivity contribution in [2.75, 3.05) is 5.32 Å². The van der Waals surface area contributed by atoms with Crippen molar-refractivity contribution < 1.29 is 9.21 Å². The Morgan fingerprint density at radius 2 is 2.00 bits per heavy atom. The zero-order chi connectivity index (χ0) is 16.6. The number of aryl methyl sites for hydroxylation is 1. The first kappa shape index (κ1) is 16.3. The van der Waals surface area contributed by atoms with Gasteiger partial charge in [0.15, 0.2) is 0 Å². The highest BCUT2D eigenvalue weighted by atomic mass is 32.2. The number of furan rings is 1. The van der Waals surface area contributed by atoms with Gasteiger partial charge in [-0.2, -0.15) is 0 Å². The average Bonchev–Trinajstić information content (AvgIpc) is 3.14. The summed E-state index contributed by atoms with van der Waals surface area (Å²) in [4.78, 5) is 17.2. The summed E-state index contributed by atoms with van der Waals surface area (Å²) in [6.07, 6.45) is 6.29. The number of thioether (sulfide) groups is 1. The van der Waals surface area contributed by atoms with Crippen LogP contribution < -0.4 is 5.32 Å². The first-order valence-corrected chi connectivity index (χ1v) is 8.72. The molecule has 24 heavy (non-hydrogen) atoms. The van der Waals surface area contributed by atoms with E-state index in [0.29, 0.717) is 12.8 Å². The molecule has 0 radical (unpaired) electrons. The minimum atomic E-state index is -0.0119. The van der Waals surface area contributed by atoms with Crippen LogP contribution in [0.5, 0.6) is 0 Å². The van der Waals surface area contributed by atoms with E-state index in [-0.39, 0.29) is 5.91 Å². The van der Waals surface area contributed by atoms with Crippen molar-refractivity contribution in [2.45, 2.75) is 23.5 Å². The lowest BCUT2D eigenvalue weighted by Crippen LogP contribution is -2.12. The number of anilines is 1. The zero-order valence-corrected chi connectivity index (χ0v) is 14.0. The molecule has 0 aliphatic heterocycles. The van der Waals surface area contributed by atoms with Crippen molar-refractivity contribution in [1.82, 2.24) is 4.98 Å². The highest BCUT2D eigenvalue weighted by Gasteiger charge is 2.05. The zero-order valence-electron chi connectivity index (χ0n) is 13.1. The third-order valence-corrected chi connectivity index (χ3v) is 4.53. The Kier molecular flexibility index (Phi) is 5.69. The Morgan fingerprint density at radius 1 is 1.12 bits per heavy atom. The number of carbonyl (C=O) groups is 1. The summed E-state index contributed by atoms with van der Waals surface area (Å²) in [5, 5.41) is 2.91. The van der Waals surface area contributed by atoms with Gasteiger partial charge in [-0.1, -0.05) is 6.07 Å². The van der Waals surface area contributed by atoms with Crippen LogP contribution in [0.2, 0.25) is 0 Å². The molecule has 5 heteroatoms. The van der Waals surface area contributed by atoms with Gasteiger partial charge in [0.25, 0.3) is 0 Å². The van der Waals surface area contributed by atoms with Gasteiger partial charge in [-0.3, -0.25) is 9.78 Å². The van der Waals surface area contributed by atoms with Crippen LogP contribution in [0.1, 0.15) is 17.7 Å². The lowest BCUT2D eigenvalue weighted by Gasteiger charge is -2.06. The molecule has 1 N–H and O–H groups in total. The van der Waals surface area contributed by atoms with Crippen molar-refractivity contribution in [2.24, 2.45) is 0 Å². The van der Waals surface area contributed by atoms with Crippen LogP contribution in [-0.4, -0.2) is 10.9 Å². The minimum absolute atomic E-state index is 0.0119. The molecule has 2 aromatic heterocycles. The fourth-order valence-electron chi connectivity index (χ4n) is 2.20. The molecular weight excluding hydrogens is 320 g/mol. The summed E-state index contributed by atoms with van der Waals surface area (Å²) in [5.74, 6) is 1.69. The van der Waals surface area contributed by atoms with Gasteiger partial charge in [0.1, 0.15) is 5.76 Å². The molecule has 0 spiro atoms. The van der Waals surface area contributed by atoms with Crippen molar-refractivity contribution in [1.29, 1.82) is 0 Å². The van der Waals surface area contributed by atoms with Crippen LogP contribution >= 0.6 is 11.8 Å². The summed E-state index contributed by atoms with van der Waals surface area (Å²) in [6, 6.07) is 15.6. The average molecular weight is 338 g/mol. The molecule has 0 bridgehead atoms. The lowest BCUT2D eigenvalue weighted by molar-refractivity contribution is -0.116. The first-order chi connectivity index (χ1) is 11.8. The normalized spacial score (nSPS) is 10.5. The first-order valence-electron chi connectivity index (χ1n) is 7.73. The Balaban J connectivity index is 1.46. The molecule has 3 aromatic rings. The number of amides is 1. The number of hydrogen-bond acceptors (Lipinski definition) is 4. The predicted octanol–water partition coefficient (Wildman–Crippen LogP) is 4.54. The van der Waals surface area contributed by atoms with Gasteiger partial charge in [-0.05, 0) is 48.0 Å². The Labute approximate surface area is 145 Å². The summed E-state index contributed by atoms with van der Waals surface area (Å²) < 4.78 is 5.23. The molecule has 0 saturated carbocycles. The van der Waals surface area contributed by atoms with Gasteiger partial charge >= 0.3 is 0 Å². The van der Waals surface area contributed by atoms with E-state index in [9.17, 15) is 4.79 Å². The summed E-state index contributed by atoms with van der Waals surface area (Å²) in [7, 11) is 0. The van der Waals surface area contributed by atoms with Gasteiger partial charge in [0.05, 0.1) is 6.26 Å². The van der Waals surface area contributed by atoms with E-state index in [1.54, 1.807) is 24.2 Å². The minimum Gasteiger partial charge on any atom is -0.469 e. The van der Waals surface area contributed by atoms with Crippen molar-refractivity contribution in [3.05, 3.63) is 78.5 Å². The summed E-state index contributed by atoms with van der Waals surface area (Å²) in [6.45, 7) is 0. The molecule has 0 atom stereocenters. The smallest absolute Gasteiger partial charge is 0.224 e. The second-order valence-electron chi connectivity index (χ2n) is 5.30. The van der Waals surface area contributed by atoms with E-state index in [4.69, 9.17) is 4.42 Å². The molecule has 1 amide bonds. The maximum Gasteiger partial charge on any atom is 0.224 e. The maximum atomic E-state index is 11.9. The molecular formula is C19H18N2O2S. The lowest BCUT2D eigenvalue weighted by atomic mass is 10.2. The van der Waals surface area contributed by atoms with Crippen LogP contribution in [-0.2, 0) is 17.0 Å². The van der Waals surface area contributed by atoms with Gasteiger partial charge in [0, 0.05) is 41.6 Å². The second kappa shape index (κ2) is 8.36. The molecule has 0 aliphatic rings. The number of nitrogens with zero attached hydrogens (tertiary/aromatic N) is 1. The molecule has 3 rings (SSSR count). The van der Waals surface area contributed by atoms with E-state index in [1.807, 2.05) is 48.7 Å². The standard InChI is InChI=1S/C19H18N2O2S/c22-19(10-7-17-4-2-12-23-17)21-16-5-8-18(9-6-16)24-14-15-3-1-11-20-13-15/h1-6,8-9,11-13H,7,10,14H2,(H,21,22). The fraction of sp³-hybridized carbons (Fsp3) is 0.158. The monoisotopic (exact) mass is 338 g/mol. The summed E-state index contributed by atoms with van der Waals surface area (Å²) >= 11 is 1.74. The molecule has 1 aromatic carbocycles. The molecule has 0 fully saturated rings. The Morgan fingerprint density at radius 3 is 2.71 bits per heavy atom. The largest absolute Gasteiger partial charge is 0.469 e. The van der Waals surface area contributed by atoms with Crippen LogP contribution in [0.15, 0.2) is 76.5 Å². The quantitative estimate of drug-likeness (QED) is 0.643. The van der Waals surface area contributed by atoms with Gasteiger partial charge in [-0.25, -0.2) is 0 Å². The molecule has 0 unspecified atom stereocenters. The van der Waals surface area contributed by atoms with Crippen molar-refractivity contribution >= 4 is 23.4 Å². The van der Waals surface area contributed by atoms with Crippen molar-refractivity contribution in [3.63, 3.8) is 0 Å². The van der Waals surface area contributed by atoms with Crippen LogP contribution in [0.25, 0.3) is 0 Å². The van der Waals surface area contributed by atoms with Crippen LogP contribution in [0.4, 0.5) is 5.69 Å². The number of rotatable bonds is 7. The molecule has 0 aliphatic carbocycles. The van der Waals surface area contributed by atoms with Gasteiger partial charge < -0.3 is 9.73 Å².